The lowest BCUT2D eigenvalue weighted by Crippen LogP contribution is -2.52. The van der Waals surface area contributed by atoms with Gasteiger partial charge in [-0.05, 0) is 45.1 Å². The summed E-state index contributed by atoms with van der Waals surface area (Å²) in [6.07, 6.45) is 6.20. The van der Waals surface area contributed by atoms with Crippen molar-refractivity contribution in [1.82, 2.24) is 20.0 Å². The summed E-state index contributed by atoms with van der Waals surface area (Å²) >= 11 is 0. The summed E-state index contributed by atoms with van der Waals surface area (Å²) in [7, 11) is 0. The molecule has 1 unspecified atom stereocenters. The van der Waals surface area contributed by atoms with Crippen molar-refractivity contribution in [1.29, 1.82) is 0 Å². The van der Waals surface area contributed by atoms with Crippen LogP contribution in [0.3, 0.4) is 0 Å². The van der Waals surface area contributed by atoms with E-state index in [9.17, 15) is 14.4 Å². The Morgan fingerprint density at radius 1 is 0.885 bits per heavy atom. The highest BCUT2D eigenvalue weighted by Crippen LogP contribution is 2.26. The highest BCUT2D eigenvalue weighted by atomic mass is 16.2. The van der Waals surface area contributed by atoms with E-state index in [1.54, 1.807) is 4.90 Å². The van der Waals surface area contributed by atoms with Crippen molar-refractivity contribution < 1.29 is 14.4 Å². The Labute approximate surface area is 155 Å². The van der Waals surface area contributed by atoms with Crippen molar-refractivity contribution in [2.75, 3.05) is 45.8 Å². The first-order valence-corrected chi connectivity index (χ1v) is 9.88. The molecule has 0 aromatic carbocycles. The molecule has 3 fully saturated rings. The van der Waals surface area contributed by atoms with Crippen LogP contribution in [0.1, 0.15) is 38.5 Å². The average Bonchev–Trinajstić information content (AvgIpc) is 3.20. The van der Waals surface area contributed by atoms with Gasteiger partial charge in [-0.15, -0.1) is 0 Å². The number of primary amides is 1. The van der Waals surface area contributed by atoms with Crippen molar-refractivity contribution in [2.24, 2.45) is 11.7 Å². The molecule has 8 nitrogen and oxygen atoms in total. The summed E-state index contributed by atoms with van der Waals surface area (Å²) in [5, 5.41) is 2.36. The van der Waals surface area contributed by atoms with Crippen LogP contribution in [0.15, 0.2) is 0 Å². The molecular weight excluding hydrogens is 334 g/mol. The Morgan fingerprint density at radius 2 is 1.58 bits per heavy atom. The number of urea groups is 1. The van der Waals surface area contributed by atoms with Crippen molar-refractivity contribution in [2.45, 2.75) is 44.6 Å². The molecule has 3 heterocycles. The lowest BCUT2D eigenvalue weighted by atomic mass is 9.93. The van der Waals surface area contributed by atoms with E-state index >= 15 is 0 Å². The van der Waals surface area contributed by atoms with Crippen LogP contribution in [0.2, 0.25) is 0 Å². The molecule has 3 N–H and O–H groups in total. The third-order valence-electron chi connectivity index (χ3n) is 5.97. The summed E-state index contributed by atoms with van der Waals surface area (Å²) in [5.74, 6) is 0.404. The van der Waals surface area contributed by atoms with E-state index < -0.39 is 6.03 Å². The fourth-order valence-corrected chi connectivity index (χ4v) is 4.49. The third-order valence-corrected chi connectivity index (χ3v) is 5.97. The molecule has 1 atom stereocenters. The lowest BCUT2D eigenvalue weighted by Gasteiger charge is -2.42. The Morgan fingerprint density at radius 3 is 2.23 bits per heavy atom. The second-order valence-corrected chi connectivity index (χ2v) is 7.70. The quantitative estimate of drug-likeness (QED) is 0.731. The zero-order chi connectivity index (χ0) is 18.5. The average molecular weight is 365 g/mol. The van der Waals surface area contributed by atoms with Crippen LogP contribution in [0, 0.1) is 5.92 Å². The van der Waals surface area contributed by atoms with Gasteiger partial charge in [0.15, 0.2) is 0 Å². The summed E-state index contributed by atoms with van der Waals surface area (Å²) in [6.45, 7) is 5.12. The third kappa shape index (κ3) is 4.66. The van der Waals surface area contributed by atoms with Gasteiger partial charge >= 0.3 is 6.03 Å². The van der Waals surface area contributed by atoms with Gasteiger partial charge in [-0.2, -0.15) is 0 Å². The van der Waals surface area contributed by atoms with Gasteiger partial charge in [-0.1, -0.05) is 0 Å². The molecule has 3 rings (SSSR count). The summed E-state index contributed by atoms with van der Waals surface area (Å²) in [4.78, 5) is 41.8. The Bertz CT molecular complexity index is 527. The van der Waals surface area contributed by atoms with E-state index in [-0.39, 0.29) is 18.4 Å². The predicted molar refractivity (Wildman–Crippen MR) is 97.3 cm³/mol. The Balaban J connectivity index is 1.45. The summed E-state index contributed by atoms with van der Waals surface area (Å²) < 4.78 is 0. The Hall–Kier alpha value is -1.83. The maximum atomic E-state index is 12.7. The minimum atomic E-state index is -0.671. The van der Waals surface area contributed by atoms with Crippen LogP contribution in [-0.2, 0) is 9.59 Å². The van der Waals surface area contributed by atoms with Crippen molar-refractivity contribution in [3.8, 4) is 0 Å². The van der Waals surface area contributed by atoms with Gasteiger partial charge < -0.3 is 20.9 Å². The van der Waals surface area contributed by atoms with Gasteiger partial charge in [-0.3, -0.25) is 14.5 Å². The number of carbonyl (C=O) groups excluding carboxylic acids is 3. The molecule has 3 aliphatic rings. The molecule has 0 aliphatic carbocycles. The number of carbonyl (C=O) groups is 3. The van der Waals surface area contributed by atoms with Gasteiger partial charge in [0, 0.05) is 38.8 Å². The Kier molecular flexibility index (Phi) is 6.34. The molecule has 8 heteroatoms. The summed E-state index contributed by atoms with van der Waals surface area (Å²) in [5.41, 5.74) is 5.01. The minimum absolute atomic E-state index is 0.0316. The summed E-state index contributed by atoms with van der Waals surface area (Å²) in [6, 6.07) is -0.229. The fraction of sp³-hybridized carbons (Fsp3) is 0.833. The van der Waals surface area contributed by atoms with Crippen LogP contribution in [0.4, 0.5) is 4.79 Å². The first-order chi connectivity index (χ1) is 12.5. The molecule has 0 bridgehead atoms. The molecule has 3 saturated heterocycles. The maximum Gasteiger partial charge on any atom is 0.312 e. The number of amides is 4. The predicted octanol–water partition coefficient (Wildman–Crippen LogP) is -0.0199. The lowest BCUT2D eigenvalue weighted by molar-refractivity contribution is -0.136. The highest BCUT2D eigenvalue weighted by molar-refractivity contribution is 5.83. The molecule has 0 saturated carbocycles. The van der Waals surface area contributed by atoms with Gasteiger partial charge in [0.25, 0.3) is 0 Å². The molecular formula is C18H31N5O3. The minimum Gasteiger partial charge on any atom is -0.352 e. The first kappa shape index (κ1) is 18.9. The molecule has 0 aromatic rings. The fourth-order valence-electron chi connectivity index (χ4n) is 4.49. The van der Waals surface area contributed by atoms with E-state index in [1.807, 2.05) is 4.90 Å². The smallest absolute Gasteiger partial charge is 0.312 e. The van der Waals surface area contributed by atoms with Crippen LogP contribution >= 0.6 is 0 Å². The zero-order valence-electron chi connectivity index (χ0n) is 15.5. The van der Waals surface area contributed by atoms with Crippen molar-refractivity contribution in [3.05, 3.63) is 0 Å². The normalized spacial score (nSPS) is 25.3. The zero-order valence-corrected chi connectivity index (χ0v) is 15.5. The first-order valence-electron chi connectivity index (χ1n) is 9.88. The SMILES string of the molecule is NC(=O)NCC(=O)N1CCC(N2CCCC(C(=O)N3CCCC3)C2)CC1. The number of nitrogens with two attached hydrogens (primary N) is 1. The standard InChI is InChI=1S/C18H31N5O3/c19-18(26)20-12-16(24)21-10-5-15(6-11-21)23-9-3-4-14(13-23)17(25)22-7-1-2-8-22/h14-15H,1-13H2,(H3,19,20,26). The molecule has 0 radical (unpaired) electrons. The number of hydrogen-bond donors (Lipinski definition) is 2. The van der Waals surface area contributed by atoms with E-state index in [4.69, 9.17) is 5.73 Å². The number of hydrogen-bond acceptors (Lipinski definition) is 4. The second-order valence-electron chi connectivity index (χ2n) is 7.70. The molecule has 0 spiro atoms. The molecule has 3 aliphatic heterocycles. The monoisotopic (exact) mass is 365 g/mol. The van der Waals surface area contributed by atoms with Gasteiger partial charge in [0.05, 0.1) is 12.5 Å². The molecule has 0 aromatic heterocycles. The molecule has 146 valence electrons. The van der Waals surface area contributed by atoms with Crippen LogP contribution < -0.4 is 11.1 Å². The van der Waals surface area contributed by atoms with Crippen LogP contribution in [-0.4, -0.2) is 84.4 Å². The second kappa shape index (κ2) is 8.70. The maximum absolute atomic E-state index is 12.7. The van der Waals surface area contributed by atoms with Crippen LogP contribution in [0.25, 0.3) is 0 Å². The van der Waals surface area contributed by atoms with Crippen LogP contribution in [0.5, 0.6) is 0 Å². The van der Waals surface area contributed by atoms with E-state index in [0.29, 0.717) is 25.0 Å². The van der Waals surface area contributed by atoms with E-state index in [2.05, 4.69) is 10.2 Å². The molecule has 4 amide bonds. The topological polar surface area (TPSA) is 99.0 Å². The molecule has 26 heavy (non-hydrogen) atoms. The number of rotatable bonds is 4. The van der Waals surface area contributed by atoms with Crippen molar-refractivity contribution in [3.63, 3.8) is 0 Å². The van der Waals surface area contributed by atoms with Gasteiger partial charge in [0.1, 0.15) is 0 Å². The largest absolute Gasteiger partial charge is 0.352 e. The number of nitrogens with one attached hydrogen (secondary N) is 1. The van der Waals surface area contributed by atoms with Gasteiger partial charge in [-0.25, -0.2) is 4.79 Å². The van der Waals surface area contributed by atoms with Crippen molar-refractivity contribution >= 4 is 17.8 Å². The number of likely N-dealkylation sites (tertiary alicyclic amines) is 3. The number of piperidine rings is 2. The van der Waals surface area contributed by atoms with Gasteiger partial charge in [0.2, 0.25) is 11.8 Å². The number of nitrogens with zero attached hydrogens (tertiary/aromatic N) is 3. The highest BCUT2D eigenvalue weighted by Gasteiger charge is 2.34. The van der Waals surface area contributed by atoms with E-state index in [1.165, 1.54) is 0 Å². The van der Waals surface area contributed by atoms with E-state index in [0.717, 1.165) is 64.7 Å².